The third-order valence-corrected chi connectivity index (χ3v) is 2.11. The summed E-state index contributed by atoms with van der Waals surface area (Å²) in [5, 5.41) is 11.8. The molecule has 0 saturated carbocycles. The van der Waals surface area contributed by atoms with Crippen molar-refractivity contribution in [1.29, 1.82) is 0 Å². The molecule has 4 heteroatoms. The smallest absolute Gasteiger partial charge is 0.325 e. The Labute approximate surface area is 94.2 Å². The van der Waals surface area contributed by atoms with Crippen LogP contribution in [0.25, 0.3) is 0 Å². The molecule has 0 aliphatic heterocycles. The highest BCUT2D eigenvalue weighted by molar-refractivity contribution is 5.76. The number of terminal acetylenes is 1. The van der Waals surface area contributed by atoms with Crippen LogP contribution in [-0.4, -0.2) is 24.7 Å². The molecule has 84 valence electrons. The van der Waals surface area contributed by atoms with Gasteiger partial charge in [0.25, 0.3) is 0 Å². The topological polar surface area (TPSA) is 58.6 Å². The molecule has 1 rings (SSSR count). The van der Waals surface area contributed by atoms with E-state index >= 15 is 0 Å². The van der Waals surface area contributed by atoms with Crippen molar-refractivity contribution >= 4 is 5.97 Å². The number of para-hydroxylation sites is 1. The molecule has 0 radical (unpaired) electrons. The molecule has 0 heterocycles. The molecule has 1 aromatic carbocycles. The maximum Gasteiger partial charge on any atom is 0.325 e. The quantitative estimate of drug-likeness (QED) is 0.726. The minimum absolute atomic E-state index is 0.189. The van der Waals surface area contributed by atoms with E-state index in [9.17, 15) is 4.79 Å². The van der Waals surface area contributed by atoms with Gasteiger partial charge in [-0.05, 0) is 6.07 Å². The number of nitrogens with one attached hydrogen (secondary N) is 1. The first-order valence-corrected chi connectivity index (χ1v) is 4.73. The van der Waals surface area contributed by atoms with Crippen LogP contribution in [-0.2, 0) is 4.79 Å². The van der Waals surface area contributed by atoms with Crippen molar-refractivity contribution in [2.45, 2.75) is 6.04 Å². The number of carboxylic acid groups (broad SMARTS) is 1. The zero-order valence-corrected chi connectivity index (χ0v) is 8.93. The molecule has 0 aliphatic rings. The zero-order chi connectivity index (χ0) is 12.0. The first-order valence-electron chi connectivity index (χ1n) is 4.73. The molecule has 0 bridgehead atoms. The lowest BCUT2D eigenvalue weighted by Crippen LogP contribution is -2.29. The van der Waals surface area contributed by atoms with E-state index in [1.165, 1.54) is 7.11 Å². The van der Waals surface area contributed by atoms with Gasteiger partial charge in [0.2, 0.25) is 0 Å². The van der Waals surface area contributed by atoms with Gasteiger partial charge in [0, 0.05) is 5.56 Å². The monoisotopic (exact) mass is 219 g/mol. The number of hydrogen-bond donors (Lipinski definition) is 2. The van der Waals surface area contributed by atoms with Crippen molar-refractivity contribution in [1.82, 2.24) is 5.32 Å². The average molecular weight is 219 g/mol. The van der Waals surface area contributed by atoms with Crippen LogP contribution in [0.2, 0.25) is 0 Å². The largest absolute Gasteiger partial charge is 0.496 e. The number of methoxy groups -OCH3 is 1. The molecule has 4 nitrogen and oxygen atoms in total. The lowest BCUT2D eigenvalue weighted by molar-refractivity contribution is -0.139. The summed E-state index contributed by atoms with van der Waals surface area (Å²) < 4.78 is 5.10. The number of aliphatic carboxylic acids is 1. The third kappa shape index (κ3) is 2.75. The highest BCUT2D eigenvalue weighted by atomic mass is 16.5. The fraction of sp³-hybridized carbons (Fsp3) is 0.250. The van der Waals surface area contributed by atoms with E-state index < -0.39 is 12.0 Å². The SMILES string of the molecule is C#CCNC(C(=O)O)c1ccccc1OC. The maximum absolute atomic E-state index is 11.1. The highest BCUT2D eigenvalue weighted by Crippen LogP contribution is 2.24. The summed E-state index contributed by atoms with van der Waals surface area (Å²) in [6.07, 6.45) is 5.09. The summed E-state index contributed by atoms with van der Waals surface area (Å²) in [5.41, 5.74) is 0.563. The molecule has 0 spiro atoms. The number of rotatable bonds is 5. The molecule has 1 atom stereocenters. The minimum Gasteiger partial charge on any atom is -0.496 e. The van der Waals surface area contributed by atoms with Gasteiger partial charge < -0.3 is 9.84 Å². The summed E-state index contributed by atoms with van der Waals surface area (Å²) in [6, 6.07) is 6.09. The molecule has 16 heavy (non-hydrogen) atoms. The van der Waals surface area contributed by atoms with E-state index in [0.717, 1.165) is 0 Å². The Kier molecular flexibility index (Phi) is 4.37. The molecule has 2 N–H and O–H groups in total. The van der Waals surface area contributed by atoms with Crippen LogP contribution in [0.15, 0.2) is 24.3 Å². The van der Waals surface area contributed by atoms with E-state index in [1.54, 1.807) is 24.3 Å². The summed E-state index contributed by atoms with van der Waals surface area (Å²) in [5.74, 6) is 1.89. The first-order chi connectivity index (χ1) is 7.70. The number of benzene rings is 1. The molecule has 0 aliphatic carbocycles. The van der Waals surface area contributed by atoms with Crippen molar-refractivity contribution in [3.8, 4) is 18.1 Å². The van der Waals surface area contributed by atoms with Gasteiger partial charge in [0.05, 0.1) is 13.7 Å². The number of carboxylic acids is 1. The first kappa shape index (κ1) is 12.1. The van der Waals surface area contributed by atoms with Crippen LogP contribution >= 0.6 is 0 Å². The predicted molar refractivity (Wildman–Crippen MR) is 60.2 cm³/mol. The van der Waals surface area contributed by atoms with Crippen molar-refractivity contribution in [2.24, 2.45) is 0 Å². The average Bonchev–Trinajstić information content (AvgIpc) is 2.29. The Morgan fingerprint density at radius 2 is 2.31 bits per heavy atom. The molecule has 1 aromatic rings. The molecule has 0 fully saturated rings. The Hall–Kier alpha value is -1.99. The van der Waals surface area contributed by atoms with Crippen LogP contribution in [0, 0.1) is 12.3 Å². The number of hydrogen-bond acceptors (Lipinski definition) is 3. The van der Waals surface area contributed by atoms with Gasteiger partial charge in [-0.2, -0.15) is 0 Å². The molecule has 0 amide bonds. The lowest BCUT2D eigenvalue weighted by atomic mass is 10.1. The van der Waals surface area contributed by atoms with Gasteiger partial charge >= 0.3 is 5.97 Å². The normalized spacial score (nSPS) is 11.5. The maximum atomic E-state index is 11.1. The van der Waals surface area contributed by atoms with E-state index in [4.69, 9.17) is 16.3 Å². The molecule has 1 unspecified atom stereocenters. The van der Waals surface area contributed by atoms with Crippen LogP contribution in [0.4, 0.5) is 0 Å². The summed E-state index contributed by atoms with van der Waals surface area (Å²) in [4.78, 5) is 11.1. The predicted octanol–water partition coefficient (Wildman–Crippen LogP) is 1.04. The van der Waals surface area contributed by atoms with Crippen molar-refractivity contribution in [3.05, 3.63) is 29.8 Å². The van der Waals surface area contributed by atoms with Gasteiger partial charge in [-0.3, -0.25) is 10.1 Å². The van der Waals surface area contributed by atoms with Crippen LogP contribution in [0.3, 0.4) is 0 Å². The number of ether oxygens (including phenoxy) is 1. The fourth-order valence-corrected chi connectivity index (χ4v) is 1.40. The van der Waals surface area contributed by atoms with Gasteiger partial charge in [-0.25, -0.2) is 0 Å². The van der Waals surface area contributed by atoms with Gasteiger partial charge in [0.15, 0.2) is 0 Å². The Bertz CT molecular complexity index is 409. The molecule has 0 aromatic heterocycles. The Morgan fingerprint density at radius 1 is 1.62 bits per heavy atom. The molecular formula is C12H13NO3. The van der Waals surface area contributed by atoms with Gasteiger partial charge in [-0.1, -0.05) is 24.1 Å². The lowest BCUT2D eigenvalue weighted by Gasteiger charge is -2.16. The van der Waals surface area contributed by atoms with Gasteiger partial charge in [0.1, 0.15) is 11.8 Å². The van der Waals surface area contributed by atoms with Gasteiger partial charge in [-0.15, -0.1) is 6.42 Å². The second-order valence-electron chi connectivity index (χ2n) is 3.10. The van der Waals surface area contributed by atoms with Crippen molar-refractivity contribution < 1.29 is 14.6 Å². The number of carbonyl (C=O) groups is 1. The van der Waals surface area contributed by atoms with E-state index in [0.29, 0.717) is 11.3 Å². The van der Waals surface area contributed by atoms with Crippen LogP contribution < -0.4 is 10.1 Å². The van der Waals surface area contributed by atoms with Crippen molar-refractivity contribution in [3.63, 3.8) is 0 Å². The van der Waals surface area contributed by atoms with E-state index in [2.05, 4.69) is 11.2 Å². The second kappa shape index (κ2) is 5.79. The molecule has 0 saturated heterocycles. The van der Waals surface area contributed by atoms with E-state index in [1.807, 2.05) is 0 Å². The minimum atomic E-state index is -0.986. The van der Waals surface area contributed by atoms with Crippen LogP contribution in [0.5, 0.6) is 5.75 Å². The summed E-state index contributed by atoms with van der Waals surface area (Å²) in [7, 11) is 1.50. The van der Waals surface area contributed by atoms with Crippen LogP contribution in [0.1, 0.15) is 11.6 Å². The third-order valence-electron chi connectivity index (χ3n) is 2.11. The van der Waals surface area contributed by atoms with E-state index in [-0.39, 0.29) is 6.54 Å². The Morgan fingerprint density at radius 3 is 2.88 bits per heavy atom. The fourth-order valence-electron chi connectivity index (χ4n) is 1.40. The standard InChI is InChI=1S/C12H13NO3/c1-3-8-13-11(12(14)15)9-6-4-5-7-10(9)16-2/h1,4-7,11,13H,8H2,2H3,(H,14,15). The molecular weight excluding hydrogens is 206 g/mol. The summed E-state index contributed by atoms with van der Waals surface area (Å²) in [6.45, 7) is 0.189. The van der Waals surface area contributed by atoms with Crippen molar-refractivity contribution in [2.75, 3.05) is 13.7 Å². The zero-order valence-electron chi connectivity index (χ0n) is 8.93. The highest BCUT2D eigenvalue weighted by Gasteiger charge is 2.21. The summed E-state index contributed by atoms with van der Waals surface area (Å²) >= 11 is 0. The Balaban J connectivity index is 3.01. The second-order valence-corrected chi connectivity index (χ2v) is 3.10.